The molecule has 2 amide bonds. The Morgan fingerprint density at radius 3 is 1.75 bits per heavy atom. The Kier molecular flexibility index (Phi) is 9.45. The molecule has 0 saturated heterocycles. The number of fused-ring (bicyclic) bond motifs is 2. The normalized spacial score (nSPS) is 13.3. The summed E-state index contributed by atoms with van der Waals surface area (Å²) in [7, 11) is -0.750. The lowest BCUT2D eigenvalue weighted by Gasteiger charge is -2.17. The molecule has 0 radical (unpaired) electrons. The SMILES string of the molecule is C#Cc1cc(C(=O)N2CS(=O)(=O)c3ccccc32)cc(C#N)c1OC.C#Cc1cc(C(=O)N2CSc3ccccc32)cc(C#N)c1OC. The van der Waals surface area contributed by atoms with Crippen LogP contribution in [0, 0.1) is 47.3 Å². The van der Waals surface area contributed by atoms with E-state index in [1.807, 2.05) is 36.4 Å². The predicted molar refractivity (Wildman–Crippen MR) is 181 cm³/mol. The molecule has 0 N–H and O–H groups in total. The summed E-state index contributed by atoms with van der Waals surface area (Å²) in [6.45, 7) is 0. The Morgan fingerprint density at radius 2 is 1.23 bits per heavy atom. The molecule has 48 heavy (non-hydrogen) atoms. The van der Waals surface area contributed by atoms with E-state index in [-0.39, 0.29) is 38.8 Å². The molecule has 236 valence electrons. The third-order valence-electron chi connectivity index (χ3n) is 7.42. The summed E-state index contributed by atoms with van der Waals surface area (Å²) in [6, 6.07) is 23.8. The van der Waals surface area contributed by atoms with Gasteiger partial charge in [0.15, 0.2) is 21.3 Å². The van der Waals surface area contributed by atoms with Crippen LogP contribution in [-0.4, -0.2) is 46.2 Å². The molecule has 6 rings (SSSR count). The fraction of sp³-hybridized carbons (Fsp3) is 0.111. The standard InChI is InChI=1S/C18H12N2O4S.C18H12N2O2S/c1-3-12-8-13(9-14(10-19)17(12)24-2)18(21)20-11-25(22,23)16-7-5-4-6-15(16)20;1-3-12-8-13(9-14(10-19)17(12)22-2)18(21)20-11-23-16-7-5-4-6-15(16)20/h1,4-9H,11H2,2H3;1,4-9H,11H2,2H3. The second-order valence-electron chi connectivity index (χ2n) is 10.1. The molecule has 0 fully saturated rings. The molecular weight excluding hydrogens is 649 g/mol. The summed E-state index contributed by atoms with van der Waals surface area (Å²) in [5.74, 6) is 4.73. The number of carbonyl (C=O) groups is 2. The molecule has 0 atom stereocenters. The van der Waals surface area contributed by atoms with Gasteiger partial charge in [-0.25, -0.2) is 8.42 Å². The van der Waals surface area contributed by atoms with Crippen molar-refractivity contribution in [2.75, 3.05) is 35.8 Å². The number of terminal acetylenes is 2. The number of carbonyl (C=O) groups excluding carboxylic acids is 2. The number of ether oxygens (including phenoxy) is 2. The van der Waals surface area contributed by atoms with Crippen LogP contribution >= 0.6 is 11.8 Å². The van der Waals surface area contributed by atoms with Gasteiger partial charge in [-0.15, -0.1) is 24.6 Å². The minimum Gasteiger partial charge on any atom is -0.494 e. The van der Waals surface area contributed by atoms with Gasteiger partial charge in [0.05, 0.1) is 58.6 Å². The quantitative estimate of drug-likeness (QED) is 0.268. The number of nitriles is 2. The highest BCUT2D eigenvalue weighted by molar-refractivity contribution is 8.00. The minimum absolute atomic E-state index is 0.106. The number of benzene rings is 4. The largest absolute Gasteiger partial charge is 0.494 e. The van der Waals surface area contributed by atoms with Crippen LogP contribution in [0.3, 0.4) is 0 Å². The average Bonchev–Trinajstić information content (AvgIpc) is 3.68. The van der Waals surface area contributed by atoms with Gasteiger partial charge in [-0.3, -0.25) is 19.4 Å². The van der Waals surface area contributed by atoms with Crippen molar-refractivity contribution in [1.82, 2.24) is 0 Å². The Morgan fingerprint density at radius 1 is 0.750 bits per heavy atom. The number of anilines is 2. The molecule has 0 spiro atoms. The van der Waals surface area contributed by atoms with Crippen LogP contribution in [0.25, 0.3) is 0 Å². The summed E-state index contributed by atoms with van der Waals surface area (Å²) < 4.78 is 34.8. The van der Waals surface area contributed by atoms with E-state index in [9.17, 15) is 28.5 Å². The molecule has 0 aliphatic carbocycles. The predicted octanol–water partition coefficient (Wildman–Crippen LogP) is 5.20. The van der Waals surface area contributed by atoms with Crippen molar-refractivity contribution in [3.8, 4) is 48.3 Å². The first-order chi connectivity index (χ1) is 23.1. The smallest absolute Gasteiger partial charge is 0.259 e. The average molecular weight is 673 g/mol. The topological polar surface area (TPSA) is 141 Å². The lowest BCUT2D eigenvalue weighted by Crippen LogP contribution is -2.30. The van der Waals surface area contributed by atoms with Gasteiger partial charge >= 0.3 is 0 Å². The van der Waals surface area contributed by atoms with Crippen LogP contribution < -0.4 is 19.3 Å². The van der Waals surface area contributed by atoms with E-state index in [4.69, 9.17) is 22.3 Å². The van der Waals surface area contributed by atoms with Crippen molar-refractivity contribution in [1.29, 1.82) is 10.5 Å². The molecule has 4 aromatic carbocycles. The van der Waals surface area contributed by atoms with Gasteiger partial charge in [-0.1, -0.05) is 36.1 Å². The van der Waals surface area contributed by atoms with Gasteiger partial charge < -0.3 is 9.47 Å². The molecule has 0 aromatic heterocycles. The van der Waals surface area contributed by atoms with Crippen LogP contribution in [-0.2, 0) is 9.84 Å². The monoisotopic (exact) mass is 672 g/mol. The van der Waals surface area contributed by atoms with Gasteiger partial charge in [0, 0.05) is 16.0 Å². The number of amides is 2. The molecule has 10 nitrogen and oxygen atoms in total. The minimum atomic E-state index is -3.58. The van der Waals surface area contributed by atoms with Crippen LogP contribution in [0.1, 0.15) is 43.0 Å². The first-order valence-corrected chi connectivity index (χ1v) is 16.6. The van der Waals surface area contributed by atoms with Gasteiger partial charge in [0.2, 0.25) is 0 Å². The number of hydrogen-bond donors (Lipinski definition) is 0. The van der Waals surface area contributed by atoms with E-state index in [2.05, 4.69) is 11.8 Å². The Hall–Kier alpha value is -6.18. The number of para-hydroxylation sites is 2. The van der Waals surface area contributed by atoms with Crippen molar-refractivity contribution < 1.29 is 27.5 Å². The molecule has 12 heteroatoms. The molecule has 0 unspecified atom stereocenters. The summed E-state index contributed by atoms with van der Waals surface area (Å²) >= 11 is 1.60. The fourth-order valence-corrected chi connectivity index (χ4v) is 7.77. The van der Waals surface area contributed by atoms with Gasteiger partial charge in [0.1, 0.15) is 18.0 Å². The number of rotatable bonds is 4. The van der Waals surface area contributed by atoms with Crippen LogP contribution in [0.15, 0.2) is 82.6 Å². The van der Waals surface area contributed by atoms with E-state index in [0.29, 0.717) is 28.4 Å². The molecule has 2 heterocycles. The molecule has 4 aromatic rings. The van der Waals surface area contributed by atoms with E-state index < -0.39 is 21.6 Å². The number of thioether (sulfide) groups is 1. The first-order valence-electron chi connectivity index (χ1n) is 14.0. The molecule has 0 bridgehead atoms. The van der Waals surface area contributed by atoms with Crippen molar-refractivity contribution >= 4 is 44.8 Å². The number of nitrogens with zero attached hydrogens (tertiary/aromatic N) is 4. The highest BCUT2D eigenvalue weighted by atomic mass is 32.2. The Bertz CT molecular complexity index is 2200. The van der Waals surface area contributed by atoms with Gasteiger partial charge in [-0.2, -0.15) is 10.5 Å². The van der Waals surface area contributed by atoms with E-state index in [0.717, 1.165) is 15.5 Å². The zero-order valence-corrected chi connectivity index (χ0v) is 27.2. The second kappa shape index (κ2) is 13.7. The number of sulfone groups is 1. The fourth-order valence-electron chi connectivity index (χ4n) is 5.23. The lowest BCUT2D eigenvalue weighted by molar-refractivity contribution is 0.0984. The maximum Gasteiger partial charge on any atom is 0.259 e. The van der Waals surface area contributed by atoms with Crippen LogP contribution in [0.5, 0.6) is 11.5 Å². The first kappa shape index (κ1) is 33.2. The third-order valence-corrected chi connectivity index (χ3v) is 10.1. The second-order valence-corrected chi connectivity index (χ2v) is 13.1. The molecule has 2 aliphatic heterocycles. The zero-order valence-electron chi connectivity index (χ0n) is 25.6. The van der Waals surface area contributed by atoms with Crippen molar-refractivity contribution in [3.63, 3.8) is 0 Å². The number of hydrogen-bond acceptors (Lipinski definition) is 9. The highest BCUT2D eigenvalue weighted by Gasteiger charge is 2.36. The molecular formula is C36H24N4O6S2. The summed E-state index contributed by atoms with van der Waals surface area (Å²) in [5.41, 5.74) is 2.70. The summed E-state index contributed by atoms with van der Waals surface area (Å²) in [5, 5.41) is 18.5. The van der Waals surface area contributed by atoms with Crippen molar-refractivity contribution in [3.05, 3.63) is 106 Å². The Labute approximate surface area is 282 Å². The van der Waals surface area contributed by atoms with Crippen molar-refractivity contribution in [2.45, 2.75) is 9.79 Å². The van der Waals surface area contributed by atoms with E-state index in [1.54, 1.807) is 40.9 Å². The zero-order chi connectivity index (χ0) is 34.6. The number of methoxy groups -OCH3 is 2. The molecule has 2 aliphatic rings. The summed E-state index contributed by atoms with van der Waals surface area (Å²) in [4.78, 5) is 29.7. The molecule has 0 saturated carbocycles. The van der Waals surface area contributed by atoms with Gasteiger partial charge in [0.25, 0.3) is 11.8 Å². The Balaban J connectivity index is 0.000000188. The maximum atomic E-state index is 12.9. The van der Waals surface area contributed by atoms with E-state index in [1.165, 1.54) is 38.5 Å². The lowest BCUT2D eigenvalue weighted by atomic mass is 10.0. The van der Waals surface area contributed by atoms with Crippen LogP contribution in [0.2, 0.25) is 0 Å². The van der Waals surface area contributed by atoms with Gasteiger partial charge in [-0.05, 0) is 48.5 Å². The third kappa shape index (κ3) is 6.02. The highest BCUT2D eigenvalue weighted by Crippen LogP contribution is 2.39. The van der Waals surface area contributed by atoms with Crippen LogP contribution in [0.4, 0.5) is 11.4 Å². The summed E-state index contributed by atoms with van der Waals surface area (Å²) in [6.07, 6.45) is 10.9. The maximum absolute atomic E-state index is 12.9. The van der Waals surface area contributed by atoms with Crippen molar-refractivity contribution in [2.24, 2.45) is 0 Å². The van der Waals surface area contributed by atoms with E-state index >= 15 is 0 Å².